The molecule has 1 N–H and O–H groups in total. The zero-order valence-corrected chi connectivity index (χ0v) is 14.9. The van der Waals surface area contributed by atoms with Gasteiger partial charge in [-0.3, -0.25) is 0 Å². The number of aryl methyl sites for hydroxylation is 1. The molecule has 0 saturated carbocycles. The summed E-state index contributed by atoms with van der Waals surface area (Å²) in [6, 6.07) is 3.76. The van der Waals surface area contributed by atoms with Crippen molar-refractivity contribution in [2.24, 2.45) is 0 Å². The Balaban J connectivity index is 2.33. The van der Waals surface area contributed by atoms with E-state index in [0.717, 1.165) is 16.7 Å². The SMILES string of the molecule is CNCC(=Cc1ccc(Cl)nc1C)B1OC(C)(C)C(C)(C)O1. The molecule has 1 aromatic heterocycles. The first-order valence-corrected chi connectivity index (χ1v) is 7.88. The van der Waals surface area contributed by atoms with Gasteiger partial charge in [-0.2, -0.15) is 0 Å². The number of halogens is 1. The van der Waals surface area contributed by atoms with E-state index < -0.39 is 0 Å². The Morgan fingerprint density at radius 2 is 1.86 bits per heavy atom. The molecule has 0 aliphatic carbocycles. The van der Waals surface area contributed by atoms with Crippen LogP contribution >= 0.6 is 11.6 Å². The Bertz CT molecular complexity index is 572. The number of rotatable bonds is 4. The second-order valence-corrected chi connectivity index (χ2v) is 7.03. The third kappa shape index (κ3) is 3.54. The van der Waals surface area contributed by atoms with E-state index in [1.165, 1.54) is 0 Å². The lowest BCUT2D eigenvalue weighted by Gasteiger charge is -2.32. The second-order valence-electron chi connectivity index (χ2n) is 6.65. The van der Waals surface area contributed by atoms with Crippen LogP contribution < -0.4 is 5.32 Å². The predicted molar refractivity (Wildman–Crippen MR) is 92.0 cm³/mol. The highest BCUT2D eigenvalue weighted by molar-refractivity contribution is 6.56. The molecule has 1 fully saturated rings. The molecule has 0 amide bonds. The van der Waals surface area contributed by atoms with Crippen molar-refractivity contribution in [3.05, 3.63) is 34.0 Å². The van der Waals surface area contributed by atoms with Gasteiger partial charge in [0.15, 0.2) is 0 Å². The molecule has 22 heavy (non-hydrogen) atoms. The lowest BCUT2D eigenvalue weighted by Crippen LogP contribution is -2.41. The van der Waals surface area contributed by atoms with E-state index in [9.17, 15) is 0 Å². The Morgan fingerprint density at radius 1 is 1.27 bits per heavy atom. The molecule has 120 valence electrons. The van der Waals surface area contributed by atoms with Crippen molar-refractivity contribution >= 4 is 24.8 Å². The maximum absolute atomic E-state index is 6.14. The first-order chi connectivity index (χ1) is 10.2. The zero-order chi connectivity index (χ0) is 16.5. The molecule has 2 heterocycles. The van der Waals surface area contributed by atoms with Crippen LogP contribution in [0.4, 0.5) is 0 Å². The van der Waals surface area contributed by atoms with E-state index in [4.69, 9.17) is 20.9 Å². The van der Waals surface area contributed by atoms with Crippen molar-refractivity contribution in [1.82, 2.24) is 10.3 Å². The van der Waals surface area contributed by atoms with Crippen LogP contribution in [0.2, 0.25) is 5.15 Å². The quantitative estimate of drug-likeness (QED) is 0.682. The first-order valence-electron chi connectivity index (χ1n) is 7.50. The minimum absolute atomic E-state index is 0.349. The minimum atomic E-state index is -0.368. The summed E-state index contributed by atoms with van der Waals surface area (Å²) in [5.74, 6) is 0. The van der Waals surface area contributed by atoms with Crippen molar-refractivity contribution < 1.29 is 9.31 Å². The van der Waals surface area contributed by atoms with Gasteiger partial charge in [-0.25, -0.2) is 4.98 Å². The fourth-order valence-electron chi connectivity index (χ4n) is 2.29. The van der Waals surface area contributed by atoms with Crippen molar-refractivity contribution in [2.45, 2.75) is 45.8 Å². The fraction of sp³-hybridized carbons (Fsp3) is 0.562. The fourth-order valence-corrected chi connectivity index (χ4v) is 2.48. The van der Waals surface area contributed by atoms with E-state index in [1.54, 1.807) is 6.07 Å². The first kappa shape index (κ1) is 17.5. The summed E-state index contributed by atoms with van der Waals surface area (Å²) in [5, 5.41) is 3.68. The predicted octanol–water partition coefficient (Wildman–Crippen LogP) is 3.28. The number of likely N-dealkylation sites (N-methyl/N-ethyl adjacent to an activating group) is 1. The molecule has 0 bridgehead atoms. The van der Waals surface area contributed by atoms with Crippen LogP contribution in [0.25, 0.3) is 6.08 Å². The van der Waals surface area contributed by atoms with Crippen LogP contribution in [0.5, 0.6) is 0 Å². The van der Waals surface area contributed by atoms with Gasteiger partial charge in [0.25, 0.3) is 0 Å². The average Bonchev–Trinajstić information content (AvgIpc) is 2.61. The van der Waals surface area contributed by atoms with Gasteiger partial charge in [-0.15, -0.1) is 0 Å². The van der Waals surface area contributed by atoms with Gasteiger partial charge in [-0.05, 0) is 58.8 Å². The lowest BCUT2D eigenvalue weighted by molar-refractivity contribution is 0.00578. The average molecular weight is 323 g/mol. The molecule has 0 aromatic carbocycles. The number of hydrogen-bond acceptors (Lipinski definition) is 4. The molecule has 4 nitrogen and oxygen atoms in total. The number of nitrogens with one attached hydrogen (secondary N) is 1. The Hall–Kier alpha value is -0.875. The third-order valence-electron chi connectivity index (χ3n) is 4.37. The van der Waals surface area contributed by atoms with Gasteiger partial charge >= 0.3 is 7.12 Å². The Labute approximate surface area is 138 Å². The monoisotopic (exact) mass is 322 g/mol. The largest absolute Gasteiger partial charge is 0.491 e. The molecular formula is C16H24BClN2O2. The summed E-state index contributed by atoms with van der Waals surface area (Å²) in [4.78, 5) is 4.29. The normalized spacial score (nSPS) is 20.5. The summed E-state index contributed by atoms with van der Waals surface area (Å²) in [6.45, 7) is 10.8. The van der Waals surface area contributed by atoms with E-state index in [2.05, 4.69) is 44.1 Å². The lowest BCUT2D eigenvalue weighted by atomic mass is 9.77. The topological polar surface area (TPSA) is 43.4 Å². The van der Waals surface area contributed by atoms with E-state index in [-0.39, 0.29) is 18.3 Å². The van der Waals surface area contributed by atoms with Gasteiger partial charge in [0, 0.05) is 12.2 Å². The van der Waals surface area contributed by atoms with E-state index >= 15 is 0 Å². The molecule has 0 unspecified atom stereocenters. The second kappa shape index (κ2) is 6.32. The highest BCUT2D eigenvalue weighted by Gasteiger charge is 2.52. The Kier molecular flexibility index (Phi) is 5.02. The van der Waals surface area contributed by atoms with Crippen molar-refractivity contribution in [3.8, 4) is 0 Å². The molecule has 0 atom stereocenters. The molecule has 1 aliphatic rings. The minimum Gasteiger partial charge on any atom is -0.400 e. The smallest absolute Gasteiger partial charge is 0.400 e. The number of nitrogens with zero attached hydrogens (tertiary/aromatic N) is 1. The van der Waals surface area contributed by atoms with Crippen LogP contribution in [0.1, 0.15) is 39.0 Å². The molecule has 1 aromatic rings. The van der Waals surface area contributed by atoms with Crippen LogP contribution in [0.3, 0.4) is 0 Å². The van der Waals surface area contributed by atoms with Gasteiger partial charge in [0.2, 0.25) is 0 Å². The summed E-state index contributed by atoms with van der Waals surface area (Å²) < 4.78 is 12.3. The van der Waals surface area contributed by atoms with Crippen molar-refractivity contribution in [3.63, 3.8) is 0 Å². The van der Waals surface area contributed by atoms with Gasteiger partial charge < -0.3 is 14.6 Å². The van der Waals surface area contributed by atoms with Crippen molar-refractivity contribution in [2.75, 3.05) is 13.6 Å². The highest BCUT2D eigenvalue weighted by atomic mass is 35.5. The number of hydrogen-bond donors (Lipinski definition) is 1. The van der Waals surface area contributed by atoms with Crippen LogP contribution in [0.15, 0.2) is 17.6 Å². The number of aromatic nitrogens is 1. The molecular weight excluding hydrogens is 298 g/mol. The number of pyridine rings is 1. The summed E-state index contributed by atoms with van der Waals surface area (Å²) >= 11 is 5.92. The van der Waals surface area contributed by atoms with E-state index in [1.807, 2.05) is 20.0 Å². The summed E-state index contributed by atoms with van der Waals surface area (Å²) in [5.41, 5.74) is 2.24. The maximum atomic E-state index is 6.14. The van der Waals surface area contributed by atoms with Crippen LogP contribution in [-0.4, -0.2) is 36.9 Å². The van der Waals surface area contributed by atoms with Crippen LogP contribution in [-0.2, 0) is 9.31 Å². The molecule has 0 radical (unpaired) electrons. The van der Waals surface area contributed by atoms with E-state index in [0.29, 0.717) is 11.7 Å². The Morgan fingerprint density at radius 3 is 2.36 bits per heavy atom. The van der Waals surface area contributed by atoms with Gasteiger partial charge in [0.05, 0.1) is 11.2 Å². The molecule has 1 aliphatic heterocycles. The van der Waals surface area contributed by atoms with Crippen molar-refractivity contribution in [1.29, 1.82) is 0 Å². The summed E-state index contributed by atoms with van der Waals surface area (Å²) in [6.07, 6.45) is 2.07. The zero-order valence-electron chi connectivity index (χ0n) is 14.2. The van der Waals surface area contributed by atoms with Gasteiger partial charge in [0.1, 0.15) is 5.15 Å². The third-order valence-corrected chi connectivity index (χ3v) is 4.58. The molecule has 2 rings (SSSR count). The molecule has 0 spiro atoms. The molecule has 1 saturated heterocycles. The summed E-state index contributed by atoms with van der Waals surface area (Å²) in [7, 11) is 1.54. The standard InChI is InChI=1S/C16H24BClN2O2/c1-11-12(7-8-14(18)20-11)9-13(10-19-6)17-21-15(2,3)16(4,5)22-17/h7-9,19H,10H2,1-6H3. The molecule has 6 heteroatoms. The van der Waals surface area contributed by atoms with Crippen LogP contribution in [0, 0.1) is 6.92 Å². The highest BCUT2D eigenvalue weighted by Crippen LogP contribution is 2.38. The van der Waals surface area contributed by atoms with Gasteiger partial charge in [-0.1, -0.05) is 23.7 Å². The maximum Gasteiger partial charge on any atom is 0.491 e.